The number of benzene rings is 1. The lowest BCUT2D eigenvalue weighted by Crippen LogP contribution is -2.39. The van der Waals surface area contributed by atoms with Crippen LogP contribution in [-0.4, -0.2) is 12.1 Å². The van der Waals surface area contributed by atoms with Crippen molar-refractivity contribution in [3.8, 4) is 0 Å². The van der Waals surface area contributed by atoms with Crippen molar-refractivity contribution in [2.45, 2.75) is 40.7 Å². The maximum absolute atomic E-state index is 11.8. The van der Waals surface area contributed by atoms with Gasteiger partial charge in [0.05, 0.1) is 0 Å². The first-order chi connectivity index (χ1) is 7.91. The second kappa shape index (κ2) is 5.71. The van der Waals surface area contributed by atoms with Crippen molar-refractivity contribution < 1.29 is 4.79 Å². The lowest BCUT2D eigenvalue weighted by molar-refractivity contribution is 0.246. The molecule has 0 aromatic heterocycles. The van der Waals surface area contributed by atoms with Crippen LogP contribution in [0.4, 0.5) is 10.5 Å². The highest BCUT2D eigenvalue weighted by atomic mass is 16.2. The quantitative estimate of drug-likeness (QED) is 0.826. The molecule has 0 fully saturated rings. The van der Waals surface area contributed by atoms with Crippen molar-refractivity contribution in [3.63, 3.8) is 0 Å². The van der Waals surface area contributed by atoms with E-state index in [-0.39, 0.29) is 12.1 Å². The van der Waals surface area contributed by atoms with E-state index in [1.807, 2.05) is 39.0 Å². The fraction of sp³-hybridized carbons (Fsp3) is 0.500. The Bertz CT molecular complexity index is 379. The van der Waals surface area contributed by atoms with Gasteiger partial charge >= 0.3 is 6.03 Å². The molecular weight excluding hydrogens is 212 g/mol. The minimum absolute atomic E-state index is 0.136. The number of carbonyl (C=O) groups is 1. The van der Waals surface area contributed by atoms with Gasteiger partial charge in [-0.1, -0.05) is 32.0 Å². The number of para-hydroxylation sites is 1. The van der Waals surface area contributed by atoms with E-state index >= 15 is 0 Å². The van der Waals surface area contributed by atoms with Gasteiger partial charge in [-0.15, -0.1) is 0 Å². The predicted octanol–water partition coefficient (Wildman–Crippen LogP) is 3.47. The molecule has 0 aliphatic carbocycles. The molecule has 94 valence electrons. The molecule has 1 unspecified atom stereocenters. The summed E-state index contributed by atoms with van der Waals surface area (Å²) in [6, 6.07) is 6.01. The highest BCUT2D eigenvalue weighted by Gasteiger charge is 2.12. The molecule has 0 spiro atoms. The number of nitrogens with one attached hydrogen (secondary N) is 2. The maximum Gasteiger partial charge on any atom is 0.319 e. The molecule has 0 aliphatic rings. The van der Waals surface area contributed by atoms with E-state index in [9.17, 15) is 4.79 Å². The Kier molecular flexibility index (Phi) is 4.55. The lowest BCUT2D eigenvalue weighted by atomic mass is 10.1. The van der Waals surface area contributed by atoms with Gasteiger partial charge in [-0.25, -0.2) is 4.79 Å². The highest BCUT2D eigenvalue weighted by Crippen LogP contribution is 2.19. The number of aryl methyl sites for hydroxylation is 2. The summed E-state index contributed by atoms with van der Waals surface area (Å²) in [6.45, 7) is 10.2. The van der Waals surface area contributed by atoms with E-state index in [0.29, 0.717) is 5.92 Å². The van der Waals surface area contributed by atoms with E-state index in [1.54, 1.807) is 0 Å². The van der Waals surface area contributed by atoms with Crippen LogP contribution in [0.5, 0.6) is 0 Å². The second-order valence-electron chi connectivity index (χ2n) is 4.90. The van der Waals surface area contributed by atoms with Crippen LogP contribution >= 0.6 is 0 Å². The first-order valence-corrected chi connectivity index (χ1v) is 6.05. The van der Waals surface area contributed by atoms with Gasteiger partial charge < -0.3 is 10.6 Å². The molecule has 1 rings (SSSR count). The molecule has 3 heteroatoms. The zero-order valence-electron chi connectivity index (χ0n) is 11.3. The molecule has 2 amide bonds. The van der Waals surface area contributed by atoms with E-state index in [4.69, 9.17) is 0 Å². The molecule has 3 nitrogen and oxygen atoms in total. The van der Waals surface area contributed by atoms with E-state index in [1.165, 1.54) is 0 Å². The average Bonchev–Trinajstić information content (AvgIpc) is 2.23. The van der Waals surface area contributed by atoms with E-state index < -0.39 is 0 Å². The van der Waals surface area contributed by atoms with Gasteiger partial charge in [0.2, 0.25) is 0 Å². The van der Waals surface area contributed by atoms with Crippen LogP contribution in [0.15, 0.2) is 18.2 Å². The molecule has 0 saturated carbocycles. The van der Waals surface area contributed by atoms with Gasteiger partial charge in [-0.2, -0.15) is 0 Å². The first kappa shape index (κ1) is 13.6. The number of urea groups is 1. The summed E-state index contributed by atoms with van der Waals surface area (Å²) >= 11 is 0. The summed E-state index contributed by atoms with van der Waals surface area (Å²) in [4.78, 5) is 11.8. The van der Waals surface area contributed by atoms with E-state index in [0.717, 1.165) is 16.8 Å². The second-order valence-corrected chi connectivity index (χ2v) is 4.90. The summed E-state index contributed by atoms with van der Waals surface area (Å²) in [5, 5.41) is 5.85. The normalized spacial score (nSPS) is 12.4. The van der Waals surface area contributed by atoms with Gasteiger partial charge in [-0.05, 0) is 37.8 Å². The Morgan fingerprint density at radius 3 is 2.12 bits per heavy atom. The standard InChI is InChI=1S/C14H22N2O/c1-9(2)12(5)15-14(17)16-13-10(3)7-6-8-11(13)4/h6-9,12H,1-5H3,(H2,15,16,17). The van der Waals surface area contributed by atoms with Crippen molar-refractivity contribution in [1.29, 1.82) is 0 Å². The zero-order valence-corrected chi connectivity index (χ0v) is 11.3. The lowest BCUT2D eigenvalue weighted by Gasteiger charge is -2.19. The van der Waals surface area contributed by atoms with Crippen LogP contribution in [0.3, 0.4) is 0 Å². The summed E-state index contributed by atoms with van der Waals surface area (Å²) in [5.41, 5.74) is 3.07. The number of rotatable bonds is 3. The van der Waals surface area contributed by atoms with Crippen molar-refractivity contribution in [2.75, 3.05) is 5.32 Å². The van der Waals surface area contributed by atoms with Crippen LogP contribution in [0.1, 0.15) is 31.9 Å². The number of hydrogen-bond donors (Lipinski definition) is 2. The van der Waals surface area contributed by atoms with Gasteiger partial charge in [0.25, 0.3) is 0 Å². The largest absolute Gasteiger partial charge is 0.335 e. The van der Waals surface area contributed by atoms with Gasteiger partial charge in [-0.3, -0.25) is 0 Å². The van der Waals surface area contributed by atoms with Gasteiger partial charge in [0.1, 0.15) is 0 Å². The first-order valence-electron chi connectivity index (χ1n) is 6.05. The van der Waals surface area contributed by atoms with Crippen molar-refractivity contribution in [3.05, 3.63) is 29.3 Å². The average molecular weight is 234 g/mol. The topological polar surface area (TPSA) is 41.1 Å². The molecule has 0 radical (unpaired) electrons. The van der Waals surface area contributed by atoms with Crippen molar-refractivity contribution >= 4 is 11.7 Å². The Labute approximate surface area is 104 Å². The monoisotopic (exact) mass is 234 g/mol. The van der Waals surface area contributed by atoms with Gasteiger partial charge in [0.15, 0.2) is 0 Å². The Hall–Kier alpha value is -1.51. The SMILES string of the molecule is Cc1cccc(C)c1NC(=O)NC(C)C(C)C. The van der Waals surface area contributed by atoms with Crippen LogP contribution < -0.4 is 10.6 Å². The molecule has 0 bridgehead atoms. The van der Waals surface area contributed by atoms with Crippen LogP contribution in [0, 0.1) is 19.8 Å². The zero-order chi connectivity index (χ0) is 13.0. The molecular formula is C14H22N2O. The third kappa shape index (κ3) is 3.77. The Balaban J connectivity index is 2.69. The Morgan fingerprint density at radius 1 is 1.12 bits per heavy atom. The highest BCUT2D eigenvalue weighted by molar-refractivity contribution is 5.91. The third-order valence-electron chi connectivity index (χ3n) is 3.08. The summed E-state index contributed by atoms with van der Waals surface area (Å²) in [5.74, 6) is 0.429. The predicted molar refractivity (Wildman–Crippen MR) is 72.4 cm³/mol. The minimum Gasteiger partial charge on any atom is -0.335 e. The number of amides is 2. The smallest absolute Gasteiger partial charge is 0.319 e. The molecule has 0 heterocycles. The Morgan fingerprint density at radius 2 is 1.65 bits per heavy atom. The van der Waals surface area contributed by atoms with Crippen molar-refractivity contribution in [1.82, 2.24) is 5.32 Å². The third-order valence-corrected chi connectivity index (χ3v) is 3.08. The minimum atomic E-state index is -0.136. The summed E-state index contributed by atoms with van der Waals surface area (Å²) in [6.07, 6.45) is 0. The maximum atomic E-state index is 11.8. The molecule has 1 atom stereocenters. The van der Waals surface area contributed by atoms with Crippen molar-refractivity contribution in [2.24, 2.45) is 5.92 Å². The fourth-order valence-corrected chi connectivity index (χ4v) is 1.53. The van der Waals surface area contributed by atoms with Crippen LogP contribution in [-0.2, 0) is 0 Å². The summed E-state index contributed by atoms with van der Waals surface area (Å²) < 4.78 is 0. The molecule has 1 aromatic carbocycles. The molecule has 2 N–H and O–H groups in total. The molecule has 0 aliphatic heterocycles. The number of anilines is 1. The molecule has 17 heavy (non-hydrogen) atoms. The number of carbonyl (C=O) groups excluding carboxylic acids is 1. The summed E-state index contributed by atoms with van der Waals surface area (Å²) in [7, 11) is 0. The molecule has 0 saturated heterocycles. The van der Waals surface area contributed by atoms with Crippen LogP contribution in [0.2, 0.25) is 0 Å². The number of hydrogen-bond acceptors (Lipinski definition) is 1. The molecule has 1 aromatic rings. The van der Waals surface area contributed by atoms with Gasteiger partial charge in [0, 0.05) is 11.7 Å². The van der Waals surface area contributed by atoms with Crippen LogP contribution in [0.25, 0.3) is 0 Å². The fourth-order valence-electron chi connectivity index (χ4n) is 1.53. The van der Waals surface area contributed by atoms with E-state index in [2.05, 4.69) is 24.5 Å².